The molecule has 0 atom stereocenters. The minimum atomic E-state index is -0.577. The number of nitrogens with one attached hydrogen (secondary N) is 1. The van der Waals surface area contributed by atoms with Crippen molar-refractivity contribution in [3.05, 3.63) is 65.0 Å². The lowest BCUT2D eigenvalue weighted by Crippen LogP contribution is -2.20. The summed E-state index contributed by atoms with van der Waals surface area (Å²) in [5.41, 5.74) is 1.40. The third-order valence-electron chi connectivity index (χ3n) is 3.35. The average Bonchev–Trinajstić information content (AvgIpc) is 3.05. The second-order valence-corrected chi connectivity index (χ2v) is 6.17. The number of aromatic nitrogens is 1. The Balaban J connectivity index is 1.62. The van der Waals surface area contributed by atoms with Crippen molar-refractivity contribution >= 4 is 22.4 Å². The predicted molar refractivity (Wildman–Crippen MR) is 92.8 cm³/mol. The predicted octanol–water partition coefficient (Wildman–Crippen LogP) is 4.41. The van der Waals surface area contributed by atoms with Crippen LogP contribution >= 0.6 is 11.3 Å². The van der Waals surface area contributed by atoms with E-state index in [1.165, 1.54) is 0 Å². The highest BCUT2D eigenvalue weighted by Gasteiger charge is 2.12. The van der Waals surface area contributed by atoms with Crippen LogP contribution in [-0.4, -0.2) is 17.5 Å². The van der Waals surface area contributed by atoms with Crippen LogP contribution in [0.3, 0.4) is 0 Å². The van der Waals surface area contributed by atoms with Gasteiger partial charge in [-0.3, -0.25) is 10.1 Å². The van der Waals surface area contributed by atoms with Crippen LogP contribution in [0.15, 0.2) is 47.8 Å². The summed E-state index contributed by atoms with van der Waals surface area (Å²) in [6.07, 6.45) is 0. The number of rotatable bonds is 5. The van der Waals surface area contributed by atoms with Crippen molar-refractivity contribution in [1.82, 2.24) is 4.98 Å². The third kappa shape index (κ3) is 4.39. The molecule has 3 rings (SSSR count). The van der Waals surface area contributed by atoms with Gasteiger partial charge in [-0.25, -0.2) is 13.8 Å². The summed E-state index contributed by atoms with van der Waals surface area (Å²) in [4.78, 5) is 16.0. The first-order valence-electron chi connectivity index (χ1n) is 7.41. The largest absolute Gasteiger partial charge is 0.484 e. The van der Waals surface area contributed by atoms with Crippen molar-refractivity contribution in [2.75, 3.05) is 11.9 Å². The Morgan fingerprint density at radius 3 is 2.72 bits per heavy atom. The minimum Gasteiger partial charge on any atom is -0.484 e. The fourth-order valence-corrected chi connectivity index (χ4v) is 2.81. The SMILES string of the molecule is Cc1ccc(OCC(=O)Nc2nc(-c3cc(F)ccc3F)cs2)cc1. The quantitative estimate of drug-likeness (QED) is 0.733. The minimum absolute atomic E-state index is 0.0488. The van der Waals surface area contributed by atoms with E-state index >= 15 is 0 Å². The number of amides is 1. The van der Waals surface area contributed by atoms with Gasteiger partial charge in [0.15, 0.2) is 11.7 Å². The van der Waals surface area contributed by atoms with E-state index in [1.807, 2.05) is 19.1 Å². The molecule has 3 aromatic rings. The number of hydrogen-bond donors (Lipinski definition) is 1. The highest BCUT2D eigenvalue weighted by atomic mass is 32.1. The maximum absolute atomic E-state index is 13.8. The van der Waals surface area contributed by atoms with E-state index in [-0.39, 0.29) is 28.9 Å². The summed E-state index contributed by atoms with van der Waals surface area (Å²) in [7, 11) is 0. The number of ether oxygens (including phenoxy) is 1. The van der Waals surface area contributed by atoms with Crippen molar-refractivity contribution in [2.45, 2.75) is 6.92 Å². The summed E-state index contributed by atoms with van der Waals surface area (Å²) in [5, 5.41) is 4.41. The molecule has 0 spiro atoms. The molecule has 1 N–H and O–H groups in total. The lowest BCUT2D eigenvalue weighted by molar-refractivity contribution is -0.118. The molecule has 0 aliphatic heterocycles. The van der Waals surface area contributed by atoms with Crippen LogP contribution in [0.4, 0.5) is 13.9 Å². The smallest absolute Gasteiger partial charge is 0.264 e. The zero-order chi connectivity index (χ0) is 17.8. The lowest BCUT2D eigenvalue weighted by Gasteiger charge is -2.06. The van der Waals surface area contributed by atoms with Gasteiger partial charge in [0.2, 0.25) is 0 Å². The molecule has 1 heterocycles. The number of thiazole rings is 1. The normalized spacial score (nSPS) is 10.5. The Morgan fingerprint density at radius 2 is 1.96 bits per heavy atom. The molecule has 7 heteroatoms. The second-order valence-electron chi connectivity index (χ2n) is 5.31. The number of hydrogen-bond acceptors (Lipinski definition) is 4. The molecule has 0 aliphatic rings. The molecule has 0 aliphatic carbocycles. The van der Waals surface area contributed by atoms with Crippen LogP contribution in [-0.2, 0) is 4.79 Å². The Bertz CT molecular complexity index is 894. The Labute approximate surface area is 147 Å². The van der Waals surface area contributed by atoms with Crippen molar-refractivity contribution in [1.29, 1.82) is 0 Å². The Hall–Kier alpha value is -2.80. The topological polar surface area (TPSA) is 51.2 Å². The monoisotopic (exact) mass is 360 g/mol. The lowest BCUT2D eigenvalue weighted by atomic mass is 10.1. The maximum atomic E-state index is 13.8. The Kier molecular flexibility index (Phi) is 5.04. The first kappa shape index (κ1) is 17.0. The number of benzene rings is 2. The Morgan fingerprint density at radius 1 is 1.20 bits per heavy atom. The zero-order valence-corrected chi connectivity index (χ0v) is 14.1. The van der Waals surface area contributed by atoms with Gasteiger partial charge in [0, 0.05) is 10.9 Å². The molecule has 128 valence electrons. The average molecular weight is 360 g/mol. The highest BCUT2D eigenvalue weighted by Crippen LogP contribution is 2.27. The second kappa shape index (κ2) is 7.40. The van der Waals surface area contributed by atoms with Crippen LogP contribution in [0.1, 0.15) is 5.56 Å². The van der Waals surface area contributed by atoms with Gasteiger partial charge >= 0.3 is 0 Å². The molecule has 25 heavy (non-hydrogen) atoms. The standard InChI is InChI=1S/C18H14F2N2O2S/c1-11-2-5-13(6-3-11)24-9-17(23)22-18-21-16(10-25-18)14-8-12(19)4-7-15(14)20/h2-8,10H,9H2,1H3,(H,21,22,23). The molecule has 0 saturated carbocycles. The van der Waals surface area contributed by atoms with Crippen molar-refractivity contribution in [2.24, 2.45) is 0 Å². The third-order valence-corrected chi connectivity index (χ3v) is 4.10. The van der Waals surface area contributed by atoms with Gasteiger partial charge < -0.3 is 4.74 Å². The van der Waals surface area contributed by atoms with E-state index in [2.05, 4.69) is 10.3 Å². The first-order chi connectivity index (χ1) is 12.0. The van der Waals surface area contributed by atoms with Crippen LogP contribution in [0, 0.1) is 18.6 Å². The van der Waals surface area contributed by atoms with Gasteiger partial charge in [0.1, 0.15) is 17.4 Å². The van der Waals surface area contributed by atoms with Crippen LogP contribution in [0.2, 0.25) is 0 Å². The van der Waals surface area contributed by atoms with Gasteiger partial charge in [-0.05, 0) is 37.3 Å². The zero-order valence-electron chi connectivity index (χ0n) is 13.3. The van der Waals surface area contributed by atoms with Gasteiger partial charge in [-0.2, -0.15) is 0 Å². The van der Waals surface area contributed by atoms with Crippen molar-refractivity contribution in [3.8, 4) is 17.0 Å². The van der Waals surface area contributed by atoms with Gasteiger partial charge in [-0.15, -0.1) is 11.3 Å². The summed E-state index contributed by atoms with van der Waals surface area (Å²) < 4.78 is 32.4. The molecular formula is C18H14F2N2O2S. The number of anilines is 1. The molecule has 2 aromatic carbocycles. The fraction of sp³-hybridized carbons (Fsp3) is 0.111. The van der Waals surface area contributed by atoms with Gasteiger partial charge in [0.05, 0.1) is 5.69 Å². The first-order valence-corrected chi connectivity index (χ1v) is 8.29. The van der Waals surface area contributed by atoms with E-state index in [4.69, 9.17) is 4.74 Å². The molecule has 0 saturated heterocycles. The summed E-state index contributed by atoms with van der Waals surface area (Å²) in [5.74, 6) is -0.933. The summed E-state index contributed by atoms with van der Waals surface area (Å²) in [6, 6.07) is 10.5. The van der Waals surface area contributed by atoms with E-state index in [1.54, 1.807) is 17.5 Å². The van der Waals surface area contributed by atoms with Crippen LogP contribution < -0.4 is 10.1 Å². The van der Waals surface area contributed by atoms with E-state index < -0.39 is 11.6 Å². The molecular weight excluding hydrogens is 346 g/mol. The molecule has 0 bridgehead atoms. The maximum Gasteiger partial charge on any atom is 0.264 e. The number of carbonyl (C=O) groups is 1. The molecule has 4 nitrogen and oxygen atoms in total. The highest BCUT2D eigenvalue weighted by molar-refractivity contribution is 7.14. The molecule has 0 unspecified atom stereocenters. The fourth-order valence-electron chi connectivity index (χ4n) is 2.09. The molecule has 0 fully saturated rings. The van der Waals surface area contributed by atoms with Crippen molar-refractivity contribution < 1.29 is 18.3 Å². The van der Waals surface area contributed by atoms with Crippen LogP contribution in [0.5, 0.6) is 5.75 Å². The van der Waals surface area contributed by atoms with Crippen LogP contribution in [0.25, 0.3) is 11.3 Å². The molecule has 1 aromatic heterocycles. The van der Waals surface area contributed by atoms with E-state index in [0.717, 1.165) is 35.1 Å². The van der Waals surface area contributed by atoms with Gasteiger partial charge in [0.25, 0.3) is 5.91 Å². The van der Waals surface area contributed by atoms with E-state index in [9.17, 15) is 13.6 Å². The molecule has 0 radical (unpaired) electrons. The molecule has 1 amide bonds. The van der Waals surface area contributed by atoms with E-state index in [0.29, 0.717) is 5.75 Å². The summed E-state index contributed by atoms with van der Waals surface area (Å²) >= 11 is 1.12. The number of halogens is 2. The van der Waals surface area contributed by atoms with Crippen molar-refractivity contribution in [3.63, 3.8) is 0 Å². The number of aryl methyl sites for hydroxylation is 1. The number of nitrogens with zero attached hydrogens (tertiary/aromatic N) is 1. The van der Waals surface area contributed by atoms with Gasteiger partial charge in [-0.1, -0.05) is 17.7 Å². The summed E-state index contributed by atoms with van der Waals surface area (Å²) in [6.45, 7) is 1.78. The number of carbonyl (C=O) groups excluding carboxylic acids is 1.